The molecule has 11 heavy (non-hydrogen) atoms. The molecule has 0 N–H and O–H groups in total. The van der Waals surface area contributed by atoms with Crippen molar-refractivity contribution >= 4 is 6.29 Å². The van der Waals surface area contributed by atoms with E-state index in [0.29, 0.717) is 0 Å². The highest BCUT2D eigenvalue weighted by Gasteiger charge is 1.86. The van der Waals surface area contributed by atoms with Gasteiger partial charge in [-0.1, -0.05) is 18.6 Å². The van der Waals surface area contributed by atoms with Crippen molar-refractivity contribution in [2.24, 2.45) is 0 Å². The summed E-state index contributed by atoms with van der Waals surface area (Å²) in [6.45, 7) is 4.32. The fraction of sp³-hybridized carbons (Fsp3) is 0.700. The average Bonchev–Trinajstić information content (AvgIpc) is 2.04. The molecule has 0 amide bonds. The maximum Gasteiger partial charge on any atom is 0.119 e. The summed E-state index contributed by atoms with van der Waals surface area (Å²) in [5.74, 6) is 0. The molecule has 0 aromatic heterocycles. The maximum absolute atomic E-state index is 9.94. The van der Waals surface area contributed by atoms with Gasteiger partial charge < -0.3 is 4.79 Å². The van der Waals surface area contributed by atoms with Gasteiger partial charge in [-0.25, -0.2) is 0 Å². The zero-order chi connectivity index (χ0) is 8.53. The van der Waals surface area contributed by atoms with Crippen LogP contribution in [0.15, 0.2) is 11.6 Å². The molecule has 0 fully saturated rings. The number of aldehydes is 1. The summed E-state index contributed by atoms with van der Waals surface area (Å²) >= 11 is 0. The van der Waals surface area contributed by atoms with Gasteiger partial charge in [0.2, 0.25) is 0 Å². The van der Waals surface area contributed by atoms with E-state index in [1.807, 2.05) is 0 Å². The third-order valence-electron chi connectivity index (χ3n) is 1.83. The fourth-order valence-electron chi connectivity index (χ4n) is 0.865. The van der Waals surface area contributed by atoms with Crippen LogP contribution >= 0.6 is 0 Å². The van der Waals surface area contributed by atoms with E-state index >= 15 is 0 Å². The molecule has 0 aromatic rings. The van der Waals surface area contributed by atoms with E-state index in [4.69, 9.17) is 0 Å². The molecule has 0 heterocycles. The molecular formula is C10H18O. The smallest absolute Gasteiger partial charge is 0.119 e. The molecule has 0 saturated carbocycles. The summed E-state index contributed by atoms with van der Waals surface area (Å²) in [6.07, 6.45) is 8.45. The highest BCUT2D eigenvalue weighted by Crippen LogP contribution is 2.04. The molecule has 0 radical (unpaired) electrons. The lowest BCUT2D eigenvalue weighted by Gasteiger charge is -1.94. The van der Waals surface area contributed by atoms with Crippen LogP contribution in [0.4, 0.5) is 0 Å². The Morgan fingerprint density at radius 3 is 2.45 bits per heavy atom. The number of hydrogen-bond donors (Lipinski definition) is 0. The monoisotopic (exact) mass is 154 g/mol. The van der Waals surface area contributed by atoms with Crippen molar-refractivity contribution in [3.8, 4) is 0 Å². The van der Waals surface area contributed by atoms with Crippen LogP contribution in [0.3, 0.4) is 0 Å². The molecular weight excluding hydrogens is 136 g/mol. The molecule has 0 unspecified atom stereocenters. The van der Waals surface area contributed by atoms with Gasteiger partial charge in [-0.05, 0) is 32.6 Å². The molecule has 0 atom stereocenters. The highest BCUT2D eigenvalue weighted by molar-refractivity contribution is 5.48. The van der Waals surface area contributed by atoms with Gasteiger partial charge in [-0.3, -0.25) is 0 Å². The van der Waals surface area contributed by atoms with E-state index in [1.165, 1.54) is 5.57 Å². The first-order chi connectivity index (χ1) is 5.31. The van der Waals surface area contributed by atoms with E-state index in [1.54, 1.807) is 0 Å². The average molecular weight is 154 g/mol. The van der Waals surface area contributed by atoms with Gasteiger partial charge >= 0.3 is 0 Å². The SMILES string of the molecule is CCC(C)=CCCCCC=O. The van der Waals surface area contributed by atoms with Crippen LogP contribution in [0.2, 0.25) is 0 Å². The number of carbonyl (C=O) groups excluding carboxylic acids is 1. The molecule has 1 nitrogen and oxygen atoms in total. The summed E-state index contributed by atoms with van der Waals surface area (Å²) < 4.78 is 0. The molecule has 0 aromatic carbocycles. The van der Waals surface area contributed by atoms with Crippen LogP contribution in [0.5, 0.6) is 0 Å². The van der Waals surface area contributed by atoms with E-state index in [2.05, 4.69) is 19.9 Å². The predicted octanol–water partition coefficient (Wildman–Crippen LogP) is 3.10. The first-order valence-electron chi connectivity index (χ1n) is 4.40. The van der Waals surface area contributed by atoms with Crippen molar-refractivity contribution in [2.45, 2.75) is 46.0 Å². The summed E-state index contributed by atoms with van der Waals surface area (Å²) in [7, 11) is 0. The number of allylic oxidation sites excluding steroid dienone is 2. The van der Waals surface area contributed by atoms with E-state index in [0.717, 1.165) is 38.4 Å². The molecule has 64 valence electrons. The van der Waals surface area contributed by atoms with Crippen molar-refractivity contribution in [1.29, 1.82) is 0 Å². The van der Waals surface area contributed by atoms with Crippen molar-refractivity contribution in [2.75, 3.05) is 0 Å². The van der Waals surface area contributed by atoms with Crippen molar-refractivity contribution in [3.63, 3.8) is 0 Å². The van der Waals surface area contributed by atoms with Gasteiger partial charge in [0.25, 0.3) is 0 Å². The van der Waals surface area contributed by atoms with Gasteiger partial charge in [0.1, 0.15) is 6.29 Å². The largest absolute Gasteiger partial charge is 0.303 e. The Morgan fingerprint density at radius 1 is 1.27 bits per heavy atom. The normalized spacial score (nSPS) is 11.6. The van der Waals surface area contributed by atoms with E-state index < -0.39 is 0 Å². The standard InChI is InChI=1S/C10H18O/c1-3-10(2)8-6-4-5-7-9-11/h8-9H,3-7H2,1-2H3. The van der Waals surface area contributed by atoms with Gasteiger partial charge in [0.15, 0.2) is 0 Å². The van der Waals surface area contributed by atoms with Gasteiger partial charge in [-0.2, -0.15) is 0 Å². The molecule has 0 aliphatic heterocycles. The molecule has 0 spiro atoms. The lowest BCUT2D eigenvalue weighted by molar-refractivity contribution is -0.107. The van der Waals surface area contributed by atoms with Gasteiger partial charge in [0.05, 0.1) is 0 Å². The Bertz CT molecular complexity index is 125. The minimum Gasteiger partial charge on any atom is -0.303 e. The fourth-order valence-corrected chi connectivity index (χ4v) is 0.865. The molecule has 0 aliphatic rings. The molecule has 0 saturated heterocycles. The highest BCUT2D eigenvalue weighted by atomic mass is 16.1. The maximum atomic E-state index is 9.94. The Labute approximate surface area is 69.5 Å². The first-order valence-corrected chi connectivity index (χ1v) is 4.40. The van der Waals surface area contributed by atoms with Crippen LogP contribution in [0.1, 0.15) is 46.0 Å². The predicted molar refractivity (Wildman–Crippen MR) is 48.6 cm³/mol. The van der Waals surface area contributed by atoms with E-state index in [-0.39, 0.29) is 0 Å². The summed E-state index contributed by atoms with van der Waals surface area (Å²) in [5, 5.41) is 0. The van der Waals surface area contributed by atoms with Gasteiger partial charge in [-0.15, -0.1) is 0 Å². The van der Waals surface area contributed by atoms with Crippen molar-refractivity contribution < 1.29 is 4.79 Å². The Balaban J connectivity index is 3.19. The van der Waals surface area contributed by atoms with Crippen LogP contribution in [-0.4, -0.2) is 6.29 Å². The van der Waals surface area contributed by atoms with Crippen molar-refractivity contribution in [1.82, 2.24) is 0 Å². The van der Waals surface area contributed by atoms with Crippen LogP contribution < -0.4 is 0 Å². The second-order valence-electron chi connectivity index (χ2n) is 2.86. The third-order valence-corrected chi connectivity index (χ3v) is 1.83. The molecule has 0 bridgehead atoms. The zero-order valence-corrected chi connectivity index (χ0v) is 7.60. The topological polar surface area (TPSA) is 17.1 Å². The molecule has 0 aliphatic carbocycles. The Kier molecular flexibility index (Phi) is 7.11. The Morgan fingerprint density at radius 2 is 1.91 bits per heavy atom. The van der Waals surface area contributed by atoms with E-state index in [9.17, 15) is 4.79 Å². The number of hydrogen-bond acceptors (Lipinski definition) is 1. The Hall–Kier alpha value is -0.590. The van der Waals surface area contributed by atoms with Crippen molar-refractivity contribution in [3.05, 3.63) is 11.6 Å². The zero-order valence-electron chi connectivity index (χ0n) is 7.60. The van der Waals surface area contributed by atoms with Crippen LogP contribution in [0, 0.1) is 0 Å². The summed E-state index contributed by atoms with van der Waals surface area (Å²) in [6, 6.07) is 0. The van der Waals surface area contributed by atoms with Crippen LogP contribution in [0.25, 0.3) is 0 Å². The molecule has 0 rings (SSSR count). The van der Waals surface area contributed by atoms with Crippen LogP contribution in [-0.2, 0) is 4.79 Å². The second kappa shape index (κ2) is 7.52. The van der Waals surface area contributed by atoms with Gasteiger partial charge in [0, 0.05) is 6.42 Å². The number of carbonyl (C=O) groups is 1. The summed E-state index contributed by atoms with van der Waals surface area (Å²) in [5.41, 5.74) is 1.45. The minimum atomic E-state index is 0.721. The molecule has 1 heteroatoms. The lowest BCUT2D eigenvalue weighted by Crippen LogP contribution is -1.77. The number of rotatable bonds is 6. The summed E-state index contributed by atoms with van der Waals surface area (Å²) in [4.78, 5) is 9.94. The third kappa shape index (κ3) is 7.31. The quantitative estimate of drug-likeness (QED) is 0.326. The minimum absolute atomic E-state index is 0.721. The first kappa shape index (κ1) is 10.4. The number of unbranched alkanes of at least 4 members (excludes halogenated alkanes) is 3. The second-order valence-corrected chi connectivity index (χ2v) is 2.86. The lowest BCUT2D eigenvalue weighted by atomic mass is 10.1.